The van der Waals surface area contributed by atoms with Gasteiger partial charge in [0.2, 0.25) is 0 Å². The van der Waals surface area contributed by atoms with Crippen molar-refractivity contribution in [2.75, 3.05) is 6.61 Å². The van der Waals surface area contributed by atoms with Gasteiger partial charge in [0.1, 0.15) is 6.29 Å². The van der Waals surface area contributed by atoms with Crippen molar-refractivity contribution in [2.24, 2.45) is 0 Å². The number of carbonyl (C=O) groups is 1. The van der Waals surface area contributed by atoms with Gasteiger partial charge in [0.15, 0.2) is 5.75 Å². The Hall–Kier alpha value is -2.76. The highest BCUT2D eigenvalue weighted by molar-refractivity contribution is 5.76. The zero-order valence-corrected chi connectivity index (χ0v) is 10.6. The van der Waals surface area contributed by atoms with Crippen LogP contribution in [0.4, 0.5) is 5.69 Å². The average molecular weight is 272 g/mol. The number of hydrogen-bond donors (Lipinski definition) is 0. The molecule has 0 spiro atoms. The Morgan fingerprint density at radius 2 is 2.00 bits per heavy atom. The molecule has 0 amide bonds. The number of nitro groups is 1. The number of aromatic nitrogens is 1. The minimum absolute atomic E-state index is 0.105. The van der Waals surface area contributed by atoms with Gasteiger partial charge in [-0.1, -0.05) is 0 Å². The molecule has 0 aliphatic carbocycles. The molecular weight excluding hydrogens is 260 g/mol. The van der Waals surface area contributed by atoms with E-state index in [1.54, 1.807) is 12.4 Å². The first-order valence-electron chi connectivity index (χ1n) is 5.96. The van der Waals surface area contributed by atoms with E-state index in [1.165, 1.54) is 18.2 Å². The molecule has 102 valence electrons. The third kappa shape index (κ3) is 3.38. The first-order chi connectivity index (χ1) is 9.70. The summed E-state index contributed by atoms with van der Waals surface area (Å²) in [6, 6.07) is 7.73. The molecule has 0 N–H and O–H groups in total. The molecule has 0 atom stereocenters. The SMILES string of the molecule is O=Cc1ccc([N+](=O)[O-])c(OCCc2ccncc2)c1. The van der Waals surface area contributed by atoms with Crippen molar-refractivity contribution in [3.8, 4) is 5.75 Å². The van der Waals surface area contributed by atoms with Crippen molar-refractivity contribution < 1.29 is 14.5 Å². The smallest absolute Gasteiger partial charge is 0.310 e. The summed E-state index contributed by atoms with van der Waals surface area (Å²) < 4.78 is 5.42. The van der Waals surface area contributed by atoms with Crippen LogP contribution in [0, 0.1) is 10.1 Å². The zero-order chi connectivity index (χ0) is 14.4. The van der Waals surface area contributed by atoms with E-state index in [1.807, 2.05) is 12.1 Å². The minimum Gasteiger partial charge on any atom is -0.486 e. The third-order valence-electron chi connectivity index (χ3n) is 2.71. The fourth-order valence-corrected chi connectivity index (χ4v) is 1.70. The number of pyridine rings is 1. The van der Waals surface area contributed by atoms with Gasteiger partial charge in [-0.05, 0) is 29.8 Å². The summed E-state index contributed by atoms with van der Waals surface area (Å²) in [5.74, 6) is 0.105. The highest BCUT2D eigenvalue weighted by atomic mass is 16.6. The maximum atomic E-state index is 10.9. The molecular formula is C14H12N2O4. The number of rotatable bonds is 6. The van der Waals surface area contributed by atoms with Crippen molar-refractivity contribution in [3.05, 3.63) is 64.0 Å². The molecule has 1 aromatic carbocycles. The van der Waals surface area contributed by atoms with Gasteiger partial charge in [-0.2, -0.15) is 0 Å². The summed E-state index contributed by atoms with van der Waals surface area (Å²) in [4.78, 5) is 25.0. The Labute approximate surface area is 115 Å². The molecule has 2 rings (SSSR count). The Morgan fingerprint density at radius 1 is 1.25 bits per heavy atom. The maximum Gasteiger partial charge on any atom is 0.310 e. The fraction of sp³-hybridized carbons (Fsp3) is 0.143. The van der Waals surface area contributed by atoms with E-state index in [0.29, 0.717) is 18.3 Å². The molecule has 2 aromatic rings. The normalized spacial score (nSPS) is 10.0. The molecule has 0 fully saturated rings. The molecule has 6 nitrogen and oxygen atoms in total. The summed E-state index contributed by atoms with van der Waals surface area (Å²) >= 11 is 0. The number of ether oxygens (including phenoxy) is 1. The molecule has 0 aliphatic rings. The molecule has 6 heteroatoms. The second kappa shape index (κ2) is 6.42. The number of carbonyl (C=O) groups excluding carboxylic acids is 1. The monoisotopic (exact) mass is 272 g/mol. The van der Waals surface area contributed by atoms with Crippen LogP contribution in [0.15, 0.2) is 42.7 Å². The van der Waals surface area contributed by atoms with Gasteiger partial charge in [0, 0.05) is 30.4 Å². The van der Waals surface area contributed by atoms with Gasteiger partial charge in [-0.3, -0.25) is 19.9 Å². The van der Waals surface area contributed by atoms with Crippen LogP contribution in [0.2, 0.25) is 0 Å². The standard InChI is InChI=1S/C14H12N2O4/c17-10-12-1-2-13(16(18)19)14(9-12)20-8-5-11-3-6-15-7-4-11/h1-4,6-7,9-10H,5,8H2. The Balaban J connectivity index is 2.07. The number of hydrogen-bond acceptors (Lipinski definition) is 5. The summed E-state index contributed by atoms with van der Waals surface area (Å²) in [6.45, 7) is 0.285. The van der Waals surface area contributed by atoms with Crippen molar-refractivity contribution in [1.29, 1.82) is 0 Å². The molecule has 1 aromatic heterocycles. The zero-order valence-electron chi connectivity index (χ0n) is 10.6. The topological polar surface area (TPSA) is 82.3 Å². The number of nitro benzene ring substituents is 1. The van der Waals surface area contributed by atoms with E-state index in [9.17, 15) is 14.9 Å². The average Bonchev–Trinajstić information content (AvgIpc) is 2.48. The van der Waals surface area contributed by atoms with Gasteiger partial charge in [0.25, 0.3) is 0 Å². The Kier molecular flexibility index (Phi) is 4.39. The van der Waals surface area contributed by atoms with Crippen LogP contribution >= 0.6 is 0 Å². The van der Waals surface area contributed by atoms with E-state index in [0.717, 1.165) is 5.56 Å². The van der Waals surface area contributed by atoms with E-state index in [4.69, 9.17) is 4.74 Å². The molecule has 20 heavy (non-hydrogen) atoms. The van der Waals surface area contributed by atoms with Crippen LogP contribution in [0.25, 0.3) is 0 Å². The molecule has 0 saturated carbocycles. The van der Waals surface area contributed by atoms with Crippen molar-refractivity contribution in [1.82, 2.24) is 4.98 Å². The molecule has 1 heterocycles. The number of aldehydes is 1. The van der Waals surface area contributed by atoms with Gasteiger partial charge in [-0.15, -0.1) is 0 Å². The lowest BCUT2D eigenvalue weighted by Gasteiger charge is -2.07. The number of benzene rings is 1. The predicted octanol–water partition coefficient (Wildman–Crippen LogP) is 2.42. The van der Waals surface area contributed by atoms with E-state index in [-0.39, 0.29) is 18.0 Å². The summed E-state index contributed by atoms with van der Waals surface area (Å²) in [6.07, 6.45) is 4.57. The minimum atomic E-state index is -0.531. The molecule has 0 bridgehead atoms. The van der Waals surface area contributed by atoms with Gasteiger partial charge >= 0.3 is 5.69 Å². The fourth-order valence-electron chi connectivity index (χ4n) is 1.70. The lowest BCUT2D eigenvalue weighted by molar-refractivity contribution is -0.385. The maximum absolute atomic E-state index is 10.9. The van der Waals surface area contributed by atoms with E-state index in [2.05, 4.69) is 4.98 Å². The molecule has 0 aliphatic heterocycles. The van der Waals surface area contributed by atoms with Gasteiger partial charge < -0.3 is 4.74 Å². The quantitative estimate of drug-likeness (QED) is 0.458. The highest BCUT2D eigenvalue weighted by Gasteiger charge is 2.15. The first kappa shape index (κ1) is 13.7. The first-order valence-corrected chi connectivity index (χ1v) is 5.96. The lowest BCUT2D eigenvalue weighted by atomic mass is 10.2. The van der Waals surface area contributed by atoms with E-state index >= 15 is 0 Å². The van der Waals surface area contributed by atoms with E-state index < -0.39 is 4.92 Å². The van der Waals surface area contributed by atoms with Crippen LogP contribution in [-0.4, -0.2) is 22.8 Å². The Bertz CT molecular complexity index is 614. The van der Waals surface area contributed by atoms with Crippen LogP contribution < -0.4 is 4.74 Å². The summed E-state index contributed by atoms with van der Waals surface area (Å²) in [7, 11) is 0. The largest absolute Gasteiger partial charge is 0.486 e. The van der Waals surface area contributed by atoms with Crippen LogP contribution in [-0.2, 0) is 6.42 Å². The lowest BCUT2D eigenvalue weighted by Crippen LogP contribution is -2.04. The van der Waals surface area contributed by atoms with Gasteiger partial charge in [-0.25, -0.2) is 0 Å². The Morgan fingerprint density at radius 3 is 2.65 bits per heavy atom. The summed E-state index contributed by atoms with van der Waals surface area (Å²) in [5, 5.41) is 10.9. The van der Waals surface area contributed by atoms with Crippen LogP contribution in [0.1, 0.15) is 15.9 Å². The molecule has 0 radical (unpaired) electrons. The highest BCUT2D eigenvalue weighted by Crippen LogP contribution is 2.27. The second-order valence-corrected chi connectivity index (χ2v) is 4.06. The predicted molar refractivity (Wildman–Crippen MR) is 71.9 cm³/mol. The molecule has 0 saturated heterocycles. The van der Waals surface area contributed by atoms with Crippen LogP contribution in [0.5, 0.6) is 5.75 Å². The van der Waals surface area contributed by atoms with Gasteiger partial charge in [0.05, 0.1) is 11.5 Å². The summed E-state index contributed by atoms with van der Waals surface area (Å²) in [5.41, 5.74) is 1.22. The molecule has 0 unspecified atom stereocenters. The van der Waals surface area contributed by atoms with Crippen molar-refractivity contribution >= 4 is 12.0 Å². The second-order valence-electron chi connectivity index (χ2n) is 4.06. The number of nitrogens with zero attached hydrogens (tertiary/aromatic N) is 2. The van der Waals surface area contributed by atoms with Crippen molar-refractivity contribution in [3.63, 3.8) is 0 Å². The third-order valence-corrected chi connectivity index (χ3v) is 2.71. The van der Waals surface area contributed by atoms with Crippen LogP contribution in [0.3, 0.4) is 0 Å². The van der Waals surface area contributed by atoms with Crippen molar-refractivity contribution in [2.45, 2.75) is 6.42 Å².